The fraction of sp³-hybridized carbons (Fsp3) is 0.294. The largest absolute Gasteiger partial charge is 0.494 e. The lowest BCUT2D eigenvalue weighted by Gasteiger charge is -2.18. The molecule has 0 saturated heterocycles. The number of nitrogens with one attached hydrogen (secondary N) is 1. The van der Waals surface area contributed by atoms with Gasteiger partial charge in [0.05, 0.1) is 6.61 Å². The zero-order valence-corrected chi connectivity index (χ0v) is 13.0. The molecule has 0 saturated carbocycles. The summed E-state index contributed by atoms with van der Waals surface area (Å²) in [5, 5.41) is 3.64. The van der Waals surface area contributed by atoms with Crippen molar-refractivity contribution in [2.24, 2.45) is 0 Å². The number of hydrogen-bond donors (Lipinski definition) is 1. The summed E-state index contributed by atoms with van der Waals surface area (Å²) < 4.78 is 19.4. The van der Waals surface area contributed by atoms with Crippen molar-refractivity contribution in [3.63, 3.8) is 0 Å². The Hall–Kier alpha value is -1.58. The van der Waals surface area contributed by atoms with Gasteiger partial charge < -0.3 is 10.1 Å². The summed E-state index contributed by atoms with van der Waals surface area (Å²) >= 11 is 5.79. The van der Waals surface area contributed by atoms with E-state index in [1.807, 2.05) is 38.2 Å². The first-order valence-electron chi connectivity index (χ1n) is 6.98. The molecule has 2 nitrogen and oxygen atoms in total. The van der Waals surface area contributed by atoms with Gasteiger partial charge in [-0.2, -0.15) is 0 Å². The van der Waals surface area contributed by atoms with Gasteiger partial charge in [-0.3, -0.25) is 0 Å². The van der Waals surface area contributed by atoms with Crippen LogP contribution in [0, 0.1) is 5.82 Å². The molecule has 0 radical (unpaired) electrons. The van der Waals surface area contributed by atoms with Crippen LogP contribution in [0.1, 0.15) is 24.1 Å². The third-order valence-corrected chi connectivity index (χ3v) is 3.59. The summed E-state index contributed by atoms with van der Waals surface area (Å²) in [6, 6.07) is 12.7. The average Bonchev–Trinajstić information content (AvgIpc) is 2.47. The minimum Gasteiger partial charge on any atom is -0.494 e. The second-order valence-electron chi connectivity index (χ2n) is 4.79. The highest BCUT2D eigenvalue weighted by Gasteiger charge is 2.13. The molecule has 0 amide bonds. The molecule has 0 fully saturated rings. The van der Waals surface area contributed by atoms with Gasteiger partial charge in [0, 0.05) is 11.1 Å². The van der Waals surface area contributed by atoms with Crippen LogP contribution < -0.4 is 10.1 Å². The average molecular weight is 308 g/mol. The lowest BCUT2D eigenvalue weighted by molar-refractivity contribution is 0.339. The minimum absolute atomic E-state index is 0.0149. The summed E-state index contributed by atoms with van der Waals surface area (Å²) in [7, 11) is 1.87. The molecular formula is C17H19ClFNO. The van der Waals surface area contributed by atoms with E-state index in [9.17, 15) is 4.39 Å². The maximum atomic E-state index is 13.9. The lowest BCUT2D eigenvalue weighted by atomic mass is 9.98. The Balaban J connectivity index is 2.21. The molecule has 1 unspecified atom stereocenters. The Morgan fingerprint density at radius 2 is 2.05 bits per heavy atom. The summed E-state index contributed by atoms with van der Waals surface area (Å²) in [6.07, 6.45) is 0.551. The van der Waals surface area contributed by atoms with Crippen molar-refractivity contribution in [2.75, 3.05) is 13.7 Å². The Kier molecular flexibility index (Phi) is 5.59. The SMILES string of the molecule is CCOc1cccc(C(Cc2ccc(Cl)cc2F)NC)c1. The van der Waals surface area contributed by atoms with Gasteiger partial charge in [-0.25, -0.2) is 4.39 Å². The molecule has 2 rings (SSSR count). The standard InChI is InChI=1S/C17H19ClFNO/c1-3-21-15-6-4-5-13(9-15)17(20-2)10-12-7-8-14(18)11-16(12)19/h4-9,11,17,20H,3,10H2,1-2H3. The van der Waals surface area contributed by atoms with Crippen molar-refractivity contribution < 1.29 is 9.13 Å². The van der Waals surface area contributed by atoms with E-state index >= 15 is 0 Å². The number of halogens is 2. The van der Waals surface area contributed by atoms with Crippen LogP contribution in [0.4, 0.5) is 4.39 Å². The van der Waals surface area contributed by atoms with Crippen molar-refractivity contribution in [2.45, 2.75) is 19.4 Å². The highest BCUT2D eigenvalue weighted by Crippen LogP contribution is 2.24. The van der Waals surface area contributed by atoms with E-state index in [4.69, 9.17) is 16.3 Å². The quantitative estimate of drug-likeness (QED) is 0.855. The van der Waals surface area contributed by atoms with Gasteiger partial charge in [-0.05, 0) is 55.8 Å². The van der Waals surface area contributed by atoms with Gasteiger partial charge in [-0.1, -0.05) is 29.8 Å². The first-order valence-corrected chi connectivity index (χ1v) is 7.35. The minimum atomic E-state index is -0.274. The third kappa shape index (κ3) is 4.19. The summed E-state index contributed by atoms with van der Waals surface area (Å²) in [5.74, 6) is 0.551. The molecule has 1 atom stereocenters. The van der Waals surface area contributed by atoms with Crippen LogP contribution in [0.5, 0.6) is 5.75 Å². The van der Waals surface area contributed by atoms with Crippen LogP contribution in [0.15, 0.2) is 42.5 Å². The lowest BCUT2D eigenvalue weighted by Crippen LogP contribution is -2.19. The maximum Gasteiger partial charge on any atom is 0.127 e. The van der Waals surface area contributed by atoms with Gasteiger partial charge in [0.1, 0.15) is 11.6 Å². The highest BCUT2D eigenvalue weighted by molar-refractivity contribution is 6.30. The van der Waals surface area contributed by atoms with Crippen molar-refractivity contribution in [3.8, 4) is 5.75 Å². The van der Waals surface area contributed by atoms with Gasteiger partial charge in [0.25, 0.3) is 0 Å². The molecule has 2 aromatic carbocycles. The first kappa shape index (κ1) is 15.8. The highest BCUT2D eigenvalue weighted by atomic mass is 35.5. The molecule has 0 heterocycles. The number of hydrogen-bond acceptors (Lipinski definition) is 2. The van der Waals surface area contributed by atoms with Crippen molar-refractivity contribution >= 4 is 11.6 Å². The van der Waals surface area contributed by atoms with Crippen LogP contribution in [0.25, 0.3) is 0 Å². The van der Waals surface area contributed by atoms with Crippen molar-refractivity contribution in [1.82, 2.24) is 5.32 Å². The van der Waals surface area contributed by atoms with Crippen LogP contribution in [-0.2, 0) is 6.42 Å². The normalized spacial score (nSPS) is 12.2. The van der Waals surface area contributed by atoms with E-state index in [-0.39, 0.29) is 11.9 Å². The molecule has 2 aromatic rings. The van der Waals surface area contributed by atoms with Gasteiger partial charge in [0.15, 0.2) is 0 Å². The van der Waals surface area contributed by atoms with Gasteiger partial charge in [0.2, 0.25) is 0 Å². The fourth-order valence-corrected chi connectivity index (χ4v) is 2.44. The molecular weight excluding hydrogens is 289 g/mol. The van der Waals surface area contributed by atoms with Crippen molar-refractivity contribution in [3.05, 3.63) is 64.4 Å². The second-order valence-corrected chi connectivity index (χ2v) is 5.22. The monoisotopic (exact) mass is 307 g/mol. The van der Waals surface area contributed by atoms with E-state index in [2.05, 4.69) is 5.32 Å². The van der Waals surface area contributed by atoms with Crippen LogP contribution in [-0.4, -0.2) is 13.7 Å². The summed E-state index contributed by atoms with van der Waals surface area (Å²) in [5.41, 5.74) is 1.71. The molecule has 0 aromatic heterocycles. The van der Waals surface area contributed by atoms with E-state index in [0.717, 1.165) is 11.3 Å². The predicted octanol–water partition coefficient (Wildman–Crippen LogP) is 4.38. The second kappa shape index (κ2) is 7.43. The molecule has 0 bridgehead atoms. The van der Waals surface area contributed by atoms with Crippen LogP contribution in [0.3, 0.4) is 0 Å². The summed E-state index contributed by atoms with van der Waals surface area (Å²) in [6.45, 7) is 2.57. The molecule has 0 aliphatic carbocycles. The number of likely N-dealkylation sites (N-methyl/N-ethyl adjacent to an activating group) is 1. The molecule has 0 aliphatic heterocycles. The summed E-state index contributed by atoms with van der Waals surface area (Å²) in [4.78, 5) is 0. The van der Waals surface area contributed by atoms with E-state index in [1.54, 1.807) is 12.1 Å². The van der Waals surface area contributed by atoms with Gasteiger partial charge in [-0.15, -0.1) is 0 Å². The number of ether oxygens (including phenoxy) is 1. The third-order valence-electron chi connectivity index (χ3n) is 3.36. The topological polar surface area (TPSA) is 21.3 Å². The van der Waals surface area contributed by atoms with Gasteiger partial charge >= 0.3 is 0 Å². The van der Waals surface area contributed by atoms with E-state index in [0.29, 0.717) is 23.6 Å². The maximum absolute atomic E-state index is 13.9. The molecule has 1 N–H and O–H groups in total. The van der Waals surface area contributed by atoms with Crippen LogP contribution in [0.2, 0.25) is 5.02 Å². The zero-order chi connectivity index (χ0) is 15.2. The Labute approximate surface area is 129 Å². The Morgan fingerprint density at radius 3 is 2.71 bits per heavy atom. The Morgan fingerprint density at radius 1 is 1.24 bits per heavy atom. The Bertz CT molecular complexity index is 603. The number of benzene rings is 2. The number of rotatable bonds is 6. The molecule has 0 aliphatic rings. The molecule has 112 valence electrons. The first-order chi connectivity index (χ1) is 10.1. The van der Waals surface area contributed by atoms with Crippen molar-refractivity contribution in [1.29, 1.82) is 0 Å². The van der Waals surface area contributed by atoms with E-state index in [1.165, 1.54) is 6.07 Å². The predicted molar refractivity (Wildman–Crippen MR) is 84.5 cm³/mol. The molecule has 21 heavy (non-hydrogen) atoms. The molecule has 0 spiro atoms. The molecule has 4 heteroatoms. The zero-order valence-electron chi connectivity index (χ0n) is 12.2. The smallest absolute Gasteiger partial charge is 0.127 e. The van der Waals surface area contributed by atoms with Crippen LogP contribution >= 0.6 is 11.6 Å². The van der Waals surface area contributed by atoms with E-state index < -0.39 is 0 Å². The fourth-order valence-electron chi connectivity index (χ4n) is 2.28.